The predicted molar refractivity (Wildman–Crippen MR) is 184 cm³/mol. The molecule has 3 heterocycles. The molecule has 0 spiro atoms. The van der Waals surface area contributed by atoms with Gasteiger partial charge in [0.1, 0.15) is 11.6 Å². The maximum atomic E-state index is 14.8. The zero-order valence-corrected chi connectivity index (χ0v) is 26.4. The van der Waals surface area contributed by atoms with Crippen molar-refractivity contribution in [1.82, 2.24) is 25.2 Å². The molecule has 1 amide bonds. The largest absolute Gasteiger partial charge is 0.384 e. The third-order valence-electron chi connectivity index (χ3n) is 8.55. The Morgan fingerprint density at radius 1 is 1.09 bits per heavy atom. The summed E-state index contributed by atoms with van der Waals surface area (Å²) in [4.78, 5) is 27.5. The van der Waals surface area contributed by atoms with Crippen molar-refractivity contribution in [3.63, 3.8) is 0 Å². The lowest BCUT2D eigenvalue weighted by molar-refractivity contribution is -0.120. The number of benzene rings is 2. The average Bonchev–Trinajstić information content (AvgIpc) is 3.64. The molecule has 9 heteroatoms. The first-order chi connectivity index (χ1) is 22.3. The lowest BCUT2D eigenvalue weighted by Crippen LogP contribution is -2.21. The van der Waals surface area contributed by atoms with E-state index in [0.717, 1.165) is 81.2 Å². The van der Waals surface area contributed by atoms with Crippen LogP contribution in [-0.4, -0.2) is 59.5 Å². The van der Waals surface area contributed by atoms with Crippen LogP contribution < -0.4 is 16.0 Å². The normalized spacial score (nSPS) is 16.8. The Labute approximate surface area is 268 Å². The first kappa shape index (κ1) is 29.7. The second kappa shape index (κ2) is 12.4. The minimum absolute atomic E-state index is 0.0395. The minimum atomic E-state index is -0.316. The van der Waals surface area contributed by atoms with Crippen molar-refractivity contribution >= 4 is 39.5 Å². The number of likely N-dealkylation sites (N-methyl/N-ethyl adjacent to an activating group) is 1. The van der Waals surface area contributed by atoms with Gasteiger partial charge in [-0.25, -0.2) is 9.37 Å². The maximum absolute atomic E-state index is 14.8. The fourth-order valence-corrected chi connectivity index (χ4v) is 6.14. The van der Waals surface area contributed by atoms with Crippen LogP contribution in [0.3, 0.4) is 0 Å². The van der Waals surface area contributed by atoms with Crippen LogP contribution in [0.2, 0.25) is 0 Å². The molecular formula is C37H38FN7O. The highest BCUT2D eigenvalue weighted by molar-refractivity contribution is 5.96. The number of rotatable bonds is 10. The van der Waals surface area contributed by atoms with Gasteiger partial charge in [-0.3, -0.25) is 9.78 Å². The van der Waals surface area contributed by atoms with Crippen LogP contribution >= 0.6 is 0 Å². The SMILES string of the molecule is CCCC(=O)NC1=CC(c2ccc3c(c2)C(c2nc4c(-c5cc(F)cc(NCCN(C)C)c5)cncc4[nH]2)=CCN3)=CC2CC2=C1. The van der Waals surface area contributed by atoms with Crippen molar-refractivity contribution < 1.29 is 9.18 Å². The number of imidazole rings is 1. The molecule has 3 aliphatic rings. The molecule has 7 rings (SSSR count). The van der Waals surface area contributed by atoms with Crippen molar-refractivity contribution in [2.45, 2.75) is 26.2 Å². The van der Waals surface area contributed by atoms with E-state index in [1.54, 1.807) is 12.4 Å². The van der Waals surface area contributed by atoms with E-state index >= 15 is 0 Å². The summed E-state index contributed by atoms with van der Waals surface area (Å²) in [5.74, 6) is 0.860. The van der Waals surface area contributed by atoms with Crippen molar-refractivity contribution in [1.29, 1.82) is 0 Å². The molecule has 1 unspecified atom stereocenters. The van der Waals surface area contributed by atoms with Crippen LogP contribution in [0.5, 0.6) is 0 Å². The number of anilines is 2. The molecule has 0 radical (unpaired) electrons. The van der Waals surface area contributed by atoms with Gasteiger partial charge in [0.2, 0.25) is 5.91 Å². The van der Waals surface area contributed by atoms with E-state index in [4.69, 9.17) is 4.98 Å². The average molecular weight is 616 g/mol. The number of hydrogen-bond donors (Lipinski definition) is 4. The first-order valence-electron chi connectivity index (χ1n) is 15.9. The quantitative estimate of drug-likeness (QED) is 0.158. The van der Waals surface area contributed by atoms with E-state index < -0.39 is 0 Å². The number of fused-ring (bicyclic) bond motifs is 3. The van der Waals surface area contributed by atoms with Crippen molar-refractivity contribution in [3.05, 3.63) is 107 Å². The van der Waals surface area contributed by atoms with Crippen LogP contribution in [0, 0.1) is 11.7 Å². The highest BCUT2D eigenvalue weighted by Crippen LogP contribution is 2.44. The van der Waals surface area contributed by atoms with Gasteiger partial charge in [-0.05, 0) is 86.1 Å². The number of H-pyrrole nitrogens is 1. The van der Waals surface area contributed by atoms with Crippen LogP contribution in [-0.2, 0) is 4.79 Å². The van der Waals surface area contributed by atoms with E-state index in [0.29, 0.717) is 31.0 Å². The van der Waals surface area contributed by atoms with Crippen LogP contribution in [0.15, 0.2) is 84.4 Å². The Kier molecular flexibility index (Phi) is 8.00. The van der Waals surface area contributed by atoms with E-state index in [9.17, 15) is 9.18 Å². The van der Waals surface area contributed by atoms with E-state index in [2.05, 4.69) is 73.3 Å². The maximum Gasteiger partial charge on any atom is 0.224 e. The molecule has 0 bridgehead atoms. The Balaban J connectivity index is 1.22. The number of halogens is 1. The van der Waals surface area contributed by atoms with E-state index in [1.807, 2.05) is 27.1 Å². The Morgan fingerprint density at radius 2 is 1.98 bits per heavy atom. The van der Waals surface area contributed by atoms with Crippen LogP contribution in [0.4, 0.5) is 15.8 Å². The van der Waals surface area contributed by atoms with Crippen molar-refractivity contribution in [2.75, 3.05) is 44.4 Å². The van der Waals surface area contributed by atoms with E-state index in [1.165, 1.54) is 17.7 Å². The fourth-order valence-electron chi connectivity index (χ4n) is 6.14. The summed E-state index contributed by atoms with van der Waals surface area (Å²) in [6.07, 6.45) is 14.5. The fraction of sp³-hybridized carbons (Fsp3) is 0.270. The molecule has 8 nitrogen and oxygen atoms in total. The lowest BCUT2D eigenvalue weighted by Gasteiger charge is -2.20. The molecule has 1 atom stereocenters. The molecule has 1 saturated carbocycles. The number of pyridine rings is 1. The standard InChI is InChI=1S/C37H38FN7O/c1-4-5-35(46)42-29-15-24(12-23-13-25(23)16-29)22-6-7-33-31(18-22)30(8-9-41-33)37-43-34-21-39-20-32(36(34)44-37)26-14-27(38)19-28(17-26)40-10-11-45(2)3/h6-8,12,14-21,23,40-41H,4-5,9-11,13H2,1-3H3,(H,42,46)(H,43,44). The number of allylic oxidation sites excluding steroid dienone is 5. The number of carbonyl (C=O) groups excluding carboxylic acids is 1. The molecule has 2 aromatic carbocycles. The summed E-state index contributed by atoms with van der Waals surface area (Å²) in [5.41, 5.74) is 11.1. The second-order valence-corrected chi connectivity index (χ2v) is 12.4. The summed E-state index contributed by atoms with van der Waals surface area (Å²) in [6, 6.07) is 11.4. The number of nitrogens with zero attached hydrogens (tertiary/aromatic N) is 3. The number of carbonyl (C=O) groups is 1. The van der Waals surface area contributed by atoms with Gasteiger partial charge < -0.3 is 25.8 Å². The van der Waals surface area contributed by atoms with Gasteiger partial charge in [0.05, 0.1) is 17.2 Å². The zero-order valence-electron chi connectivity index (χ0n) is 26.4. The molecule has 4 aromatic rings. The number of hydrogen-bond acceptors (Lipinski definition) is 6. The smallest absolute Gasteiger partial charge is 0.224 e. The minimum Gasteiger partial charge on any atom is -0.384 e. The van der Waals surface area contributed by atoms with Gasteiger partial charge in [0, 0.05) is 71.9 Å². The van der Waals surface area contributed by atoms with Gasteiger partial charge in [-0.2, -0.15) is 0 Å². The van der Waals surface area contributed by atoms with Crippen LogP contribution in [0.1, 0.15) is 43.1 Å². The molecule has 1 fully saturated rings. The zero-order chi connectivity index (χ0) is 31.8. The molecule has 4 N–H and O–H groups in total. The van der Waals surface area contributed by atoms with Crippen molar-refractivity contribution in [3.8, 4) is 11.1 Å². The molecule has 234 valence electrons. The van der Waals surface area contributed by atoms with Crippen molar-refractivity contribution in [2.24, 2.45) is 5.92 Å². The summed E-state index contributed by atoms with van der Waals surface area (Å²) >= 11 is 0. The molecule has 46 heavy (non-hydrogen) atoms. The van der Waals surface area contributed by atoms with Gasteiger partial charge >= 0.3 is 0 Å². The van der Waals surface area contributed by atoms with Crippen LogP contribution in [0.25, 0.3) is 33.3 Å². The highest BCUT2D eigenvalue weighted by Gasteiger charge is 2.30. The molecule has 2 aromatic heterocycles. The summed E-state index contributed by atoms with van der Waals surface area (Å²) in [7, 11) is 4.02. The number of aromatic nitrogens is 3. The molecule has 0 saturated heterocycles. The molecule has 1 aliphatic heterocycles. The number of aromatic amines is 1. The summed E-state index contributed by atoms with van der Waals surface area (Å²) in [6.45, 7) is 4.22. The van der Waals surface area contributed by atoms with Gasteiger partial charge in [-0.1, -0.05) is 30.7 Å². The molecule has 2 aliphatic carbocycles. The number of amides is 1. The summed E-state index contributed by atoms with van der Waals surface area (Å²) in [5, 5.41) is 9.92. The first-order valence-corrected chi connectivity index (χ1v) is 15.9. The topological polar surface area (TPSA) is 98.0 Å². The Bertz CT molecular complexity index is 1970. The van der Waals surface area contributed by atoms with Gasteiger partial charge in [0.15, 0.2) is 0 Å². The number of nitrogens with one attached hydrogen (secondary N) is 4. The van der Waals surface area contributed by atoms with E-state index in [-0.39, 0.29) is 11.7 Å². The molecular weight excluding hydrogens is 577 g/mol. The van der Waals surface area contributed by atoms with Gasteiger partial charge in [-0.15, -0.1) is 0 Å². The predicted octanol–water partition coefficient (Wildman–Crippen LogP) is 6.74. The van der Waals surface area contributed by atoms with Gasteiger partial charge in [0.25, 0.3) is 0 Å². The third-order valence-corrected chi connectivity index (χ3v) is 8.55. The Morgan fingerprint density at radius 3 is 2.83 bits per heavy atom. The highest BCUT2D eigenvalue weighted by atomic mass is 19.1. The Hall–Kier alpha value is -5.02. The monoisotopic (exact) mass is 615 g/mol. The third kappa shape index (κ3) is 6.23. The lowest BCUT2D eigenvalue weighted by atomic mass is 9.94. The second-order valence-electron chi connectivity index (χ2n) is 12.4. The summed E-state index contributed by atoms with van der Waals surface area (Å²) < 4.78 is 14.8.